The molecule has 1 spiro atoms. The molecule has 0 unspecified atom stereocenters. The second-order valence-corrected chi connectivity index (χ2v) is 8.89. The molecule has 4 aliphatic rings. The number of amides is 2. The first kappa shape index (κ1) is 18.3. The molecule has 3 fully saturated rings. The van der Waals surface area contributed by atoms with E-state index in [4.69, 9.17) is 4.74 Å². The lowest BCUT2D eigenvalue weighted by molar-refractivity contribution is -0.167. The Morgan fingerprint density at radius 3 is 2.89 bits per heavy atom. The highest BCUT2D eigenvalue weighted by Crippen LogP contribution is 2.58. The van der Waals surface area contributed by atoms with E-state index in [1.807, 2.05) is 32.3 Å². The smallest absolute Gasteiger partial charge is 0.258 e. The second-order valence-electron chi connectivity index (χ2n) is 8.89. The molecule has 2 N–H and O–H groups in total. The zero-order valence-electron chi connectivity index (χ0n) is 16.4. The van der Waals surface area contributed by atoms with Crippen LogP contribution in [0.2, 0.25) is 0 Å². The monoisotopic (exact) mass is 371 g/mol. The summed E-state index contributed by atoms with van der Waals surface area (Å²) in [6.45, 7) is 3.67. The number of hydrogen-bond donors (Lipinski definition) is 2. The van der Waals surface area contributed by atoms with Gasteiger partial charge in [-0.25, -0.2) is 0 Å². The minimum Gasteiger partial charge on any atom is -0.467 e. The molecule has 1 aromatic rings. The number of nitrogens with one attached hydrogen (secondary N) is 2. The van der Waals surface area contributed by atoms with E-state index in [9.17, 15) is 9.59 Å². The quantitative estimate of drug-likeness (QED) is 0.849. The number of fused-ring (bicyclic) bond motifs is 3. The Kier molecular flexibility index (Phi) is 4.41. The van der Waals surface area contributed by atoms with Gasteiger partial charge < -0.3 is 20.3 Å². The summed E-state index contributed by atoms with van der Waals surface area (Å²) < 4.78 is 6.40. The van der Waals surface area contributed by atoms with Crippen molar-refractivity contribution in [2.45, 2.75) is 38.3 Å². The minimum absolute atomic E-state index is 0.0262. The van der Waals surface area contributed by atoms with Gasteiger partial charge in [-0.05, 0) is 50.9 Å². The number of para-hydroxylation sites is 1. The molecule has 5 rings (SSSR count). The van der Waals surface area contributed by atoms with E-state index in [2.05, 4.69) is 22.5 Å². The van der Waals surface area contributed by atoms with Crippen molar-refractivity contribution < 1.29 is 14.3 Å². The van der Waals surface area contributed by atoms with Crippen LogP contribution in [0.25, 0.3) is 0 Å². The van der Waals surface area contributed by atoms with Crippen LogP contribution in [-0.2, 0) is 4.79 Å². The third-order valence-corrected chi connectivity index (χ3v) is 6.67. The number of benzene rings is 1. The molecule has 146 valence electrons. The summed E-state index contributed by atoms with van der Waals surface area (Å²) in [6.07, 6.45) is 3.40. The van der Waals surface area contributed by atoms with Gasteiger partial charge in [0.1, 0.15) is 5.75 Å². The Labute approximate surface area is 160 Å². The molecule has 4 atom stereocenters. The van der Waals surface area contributed by atoms with Crippen LogP contribution in [0.5, 0.6) is 5.75 Å². The fourth-order valence-electron chi connectivity index (χ4n) is 5.18. The summed E-state index contributed by atoms with van der Waals surface area (Å²) in [6, 6.07) is 7.41. The predicted molar refractivity (Wildman–Crippen MR) is 102 cm³/mol. The largest absolute Gasteiger partial charge is 0.467 e. The van der Waals surface area contributed by atoms with E-state index < -0.39 is 5.72 Å². The number of hydrogen-bond acceptors (Lipinski definition) is 4. The highest BCUT2D eigenvalue weighted by Gasteiger charge is 2.61. The molecular formula is C21H29N3O3. The number of rotatable bonds is 4. The molecule has 3 aliphatic carbocycles. The van der Waals surface area contributed by atoms with Gasteiger partial charge in [0.25, 0.3) is 5.91 Å². The zero-order valence-corrected chi connectivity index (χ0v) is 16.4. The van der Waals surface area contributed by atoms with Crippen LogP contribution in [-0.4, -0.2) is 49.6 Å². The van der Waals surface area contributed by atoms with Crippen molar-refractivity contribution in [3.05, 3.63) is 29.8 Å². The van der Waals surface area contributed by atoms with Crippen LogP contribution >= 0.6 is 0 Å². The van der Waals surface area contributed by atoms with Gasteiger partial charge in [-0.15, -0.1) is 0 Å². The third-order valence-electron chi connectivity index (χ3n) is 6.67. The van der Waals surface area contributed by atoms with Gasteiger partial charge in [0, 0.05) is 31.3 Å². The SMILES string of the molecule is CN(C)CCNC(=O)[C@H]1C[C@H]2CC[C@]1(C)C[C@@]21NC(=O)c2ccccc2O1. The molecule has 6 nitrogen and oxygen atoms in total. The van der Waals surface area contributed by atoms with E-state index >= 15 is 0 Å². The van der Waals surface area contributed by atoms with Gasteiger partial charge in [0.2, 0.25) is 5.91 Å². The Morgan fingerprint density at radius 1 is 1.37 bits per heavy atom. The van der Waals surface area contributed by atoms with E-state index in [0.29, 0.717) is 24.3 Å². The Balaban J connectivity index is 1.53. The average Bonchev–Trinajstić information content (AvgIpc) is 2.60. The summed E-state index contributed by atoms with van der Waals surface area (Å²) in [5.41, 5.74) is -0.261. The molecule has 0 aromatic heterocycles. The van der Waals surface area contributed by atoms with Crippen LogP contribution in [0, 0.1) is 17.3 Å². The third kappa shape index (κ3) is 3.10. The van der Waals surface area contributed by atoms with Gasteiger partial charge in [-0.2, -0.15) is 0 Å². The van der Waals surface area contributed by atoms with Crippen molar-refractivity contribution in [1.29, 1.82) is 0 Å². The molecule has 1 aliphatic heterocycles. The average molecular weight is 371 g/mol. The molecule has 2 bridgehead atoms. The van der Waals surface area contributed by atoms with E-state index in [0.717, 1.165) is 25.8 Å². The van der Waals surface area contributed by atoms with Crippen molar-refractivity contribution in [3.8, 4) is 5.75 Å². The van der Waals surface area contributed by atoms with Crippen molar-refractivity contribution in [2.75, 3.05) is 27.2 Å². The zero-order chi connectivity index (χ0) is 19.2. The maximum Gasteiger partial charge on any atom is 0.258 e. The number of ether oxygens (including phenoxy) is 1. The Hall–Kier alpha value is -2.08. The normalized spacial score (nSPS) is 34.1. The van der Waals surface area contributed by atoms with E-state index in [-0.39, 0.29) is 29.1 Å². The lowest BCUT2D eigenvalue weighted by Crippen LogP contribution is -2.69. The van der Waals surface area contributed by atoms with Gasteiger partial charge in [0.05, 0.1) is 5.56 Å². The van der Waals surface area contributed by atoms with Crippen LogP contribution in [0.15, 0.2) is 24.3 Å². The van der Waals surface area contributed by atoms with E-state index in [1.165, 1.54) is 0 Å². The predicted octanol–water partition coefficient (Wildman–Crippen LogP) is 2.01. The summed E-state index contributed by atoms with van der Waals surface area (Å²) >= 11 is 0. The first-order valence-corrected chi connectivity index (χ1v) is 9.86. The summed E-state index contributed by atoms with van der Waals surface area (Å²) in [5, 5.41) is 6.26. The highest BCUT2D eigenvalue weighted by atomic mass is 16.5. The number of carbonyl (C=O) groups excluding carboxylic acids is 2. The molecule has 6 heteroatoms. The fraction of sp³-hybridized carbons (Fsp3) is 0.619. The van der Waals surface area contributed by atoms with Crippen molar-refractivity contribution >= 4 is 11.8 Å². The highest BCUT2D eigenvalue weighted by molar-refractivity contribution is 5.98. The second kappa shape index (κ2) is 6.51. The van der Waals surface area contributed by atoms with Crippen LogP contribution in [0.1, 0.15) is 43.0 Å². The first-order chi connectivity index (χ1) is 12.8. The Bertz CT molecular complexity index is 765. The van der Waals surface area contributed by atoms with Crippen molar-refractivity contribution in [3.63, 3.8) is 0 Å². The number of carbonyl (C=O) groups is 2. The summed E-state index contributed by atoms with van der Waals surface area (Å²) in [4.78, 5) is 27.6. The molecule has 0 saturated heterocycles. The molecular weight excluding hydrogens is 342 g/mol. The maximum absolute atomic E-state index is 12.9. The molecule has 0 radical (unpaired) electrons. The van der Waals surface area contributed by atoms with Crippen LogP contribution in [0.3, 0.4) is 0 Å². The van der Waals surface area contributed by atoms with Gasteiger partial charge >= 0.3 is 0 Å². The lowest BCUT2D eigenvalue weighted by Gasteiger charge is -2.59. The van der Waals surface area contributed by atoms with Gasteiger partial charge in [-0.3, -0.25) is 9.59 Å². The molecule has 27 heavy (non-hydrogen) atoms. The number of likely N-dealkylation sites (N-methyl/N-ethyl adjacent to an activating group) is 1. The summed E-state index contributed by atoms with van der Waals surface area (Å²) in [5.74, 6) is 0.855. The topological polar surface area (TPSA) is 70.7 Å². The van der Waals surface area contributed by atoms with Crippen LogP contribution < -0.4 is 15.4 Å². The first-order valence-electron chi connectivity index (χ1n) is 9.86. The molecule has 1 heterocycles. The van der Waals surface area contributed by atoms with E-state index in [1.54, 1.807) is 6.07 Å². The van der Waals surface area contributed by atoms with Gasteiger partial charge in [-0.1, -0.05) is 19.1 Å². The summed E-state index contributed by atoms with van der Waals surface area (Å²) in [7, 11) is 4.00. The maximum atomic E-state index is 12.9. The molecule has 1 aromatic carbocycles. The van der Waals surface area contributed by atoms with Crippen LogP contribution in [0.4, 0.5) is 0 Å². The fourth-order valence-corrected chi connectivity index (χ4v) is 5.18. The molecule has 3 saturated carbocycles. The lowest BCUT2D eigenvalue weighted by atomic mass is 9.52. The number of nitrogens with zero attached hydrogens (tertiary/aromatic N) is 1. The molecule has 2 amide bonds. The van der Waals surface area contributed by atoms with Gasteiger partial charge in [0.15, 0.2) is 5.72 Å². The van der Waals surface area contributed by atoms with Crippen molar-refractivity contribution in [1.82, 2.24) is 15.5 Å². The minimum atomic E-state index is -0.682. The van der Waals surface area contributed by atoms with Crippen molar-refractivity contribution in [2.24, 2.45) is 17.3 Å². The standard InChI is InChI=1S/C21H29N3O3/c1-20-9-8-14(12-16(20)19(26)22-10-11-24(2)3)21(13-20)23-18(25)15-6-4-5-7-17(15)27-21/h4-7,14,16H,8-13H2,1-3H3,(H,22,26)(H,23,25)/t14-,16-,20-,21+/m1/s1. The Morgan fingerprint density at radius 2 is 2.15 bits per heavy atom.